The lowest BCUT2D eigenvalue weighted by atomic mass is 9.95. The van der Waals surface area contributed by atoms with E-state index in [1.807, 2.05) is 30.3 Å². The zero-order valence-electron chi connectivity index (χ0n) is 24.4. The zero-order chi connectivity index (χ0) is 30.0. The van der Waals surface area contributed by atoms with Crippen LogP contribution in [-0.2, 0) is 6.54 Å². The highest BCUT2D eigenvalue weighted by molar-refractivity contribution is 6.10. The van der Waals surface area contributed by atoms with Crippen molar-refractivity contribution in [1.82, 2.24) is 19.8 Å². The molecule has 5 rings (SSSR count). The number of hydrogen-bond acceptors (Lipinski definition) is 5. The second-order valence-corrected chi connectivity index (χ2v) is 11.5. The van der Waals surface area contributed by atoms with Crippen LogP contribution < -0.4 is 5.01 Å². The predicted octanol–water partition coefficient (Wildman–Crippen LogP) is 6.13. The van der Waals surface area contributed by atoms with Gasteiger partial charge in [0, 0.05) is 61.8 Å². The topological polar surface area (TPSA) is 80.2 Å². The van der Waals surface area contributed by atoms with Crippen molar-refractivity contribution in [1.29, 1.82) is 0 Å². The molecule has 1 aromatic heterocycles. The molecule has 0 radical (unpaired) electrons. The molecule has 3 aromatic carbocycles. The van der Waals surface area contributed by atoms with Crippen LogP contribution in [0.5, 0.6) is 0 Å². The van der Waals surface area contributed by atoms with E-state index in [4.69, 9.17) is 4.98 Å². The van der Waals surface area contributed by atoms with Crippen molar-refractivity contribution in [3.8, 4) is 11.3 Å². The van der Waals surface area contributed by atoms with Crippen LogP contribution in [0, 0.1) is 5.82 Å². The number of benzene rings is 3. The monoisotopic (exact) mass is 569 g/mol. The fourth-order valence-corrected chi connectivity index (χ4v) is 5.56. The van der Waals surface area contributed by atoms with Crippen molar-refractivity contribution in [2.75, 3.05) is 38.2 Å². The van der Waals surface area contributed by atoms with Gasteiger partial charge in [-0.05, 0) is 39.0 Å². The van der Waals surface area contributed by atoms with Gasteiger partial charge in [-0.3, -0.25) is 14.6 Å². The Morgan fingerprint density at radius 2 is 1.52 bits per heavy atom. The Morgan fingerprint density at radius 1 is 0.905 bits per heavy atom. The third-order valence-corrected chi connectivity index (χ3v) is 7.81. The lowest BCUT2D eigenvalue weighted by Gasteiger charge is -2.42. The van der Waals surface area contributed by atoms with Gasteiger partial charge in [0.2, 0.25) is 0 Å². The summed E-state index contributed by atoms with van der Waals surface area (Å²) in [6.07, 6.45) is -1.32. The fraction of sp³-hybridized carbons (Fsp3) is 0.303. The molecule has 1 saturated heterocycles. The average molecular weight is 570 g/mol. The summed E-state index contributed by atoms with van der Waals surface area (Å²) in [5.74, 6) is -1.12. The summed E-state index contributed by atoms with van der Waals surface area (Å²) in [6, 6.07) is 22.4. The number of nitrogens with zero attached hydrogens (tertiary/aromatic N) is 5. The Kier molecular flexibility index (Phi) is 8.24. The summed E-state index contributed by atoms with van der Waals surface area (Å²) in [6.45, 7) is 10.3. The highest BCUT2D eigenvalue weighted by Gasteiger charge is 2.32. The maximum absolute atomic E-state index is 15.3. The van der Waals surface area contributed by atoms with Gasteiger partial charge in [-0.1, -0.05) is 60.7 Å². The molecule has 0 unspecified atom stereocenters. The Labute approximate surface area is 245 Å². The van der Waals surface area contributed by atoms with Crippen molar-refractivity contribution >= 4 is 28.6 Å². The normalized spacial score (nSPS) is 14.6. The molecule has 9 heteroatoms. The number of carboxylic acid groups (broad SMARTS) is 1. The molecular weight excluding hydrogens is 533 g/mol. The van der Waals surface area contributed by atoms with Gasteiger partial charge in [0.1, 0.15) is 11.3 Å². The molecule has 0 atom stereocenters. The SMILES string of the molecule is CN(C(=O)c1c(CN2CCN(C(C)(C)C)CC2)c(-c2ccccc2)nc2c(F)cccc12)N(C(=O)O)c1ccccc1. The van der Waals surface area contributed by atoms with E-state index in [1.165, 1.54) is 13.1 Å². The molecule has 0 bridgehead atoms. The first-order chi connectivity index (χ1) is 20.1. The number of anilines is 1. The number of halogens is 1. The van der Waals surface area contributed by atoms with Crippen LogP contribution in [0.25, 0.3) is 22.2 Å². The van der Waals surface area contributed by atoms with Gasteiger partial charge in [0.15, 0.2) is 0 Å². The van der Waals surface area contributed by atoms with Crippen LogP contribution in [0.1, 0.15) is 36.7 Å². The molecule has 2 heterocycles. The predicted molar refractivity (Wildman–Crippen MR) is 163 cm³/mol. The highest BCUT2D eigenvalue weighted by atomic mass is 19.1. The average Bonchev–Trinajstić information content (AvgIpc) is 2.97. The molecule has 0 spiro atoms. The first-order valence-corrected chi connectivity index (χ1v) is 14.1. The Balaban J connectivity index is 1.67. The minimum atomic E-state index is -1.32. The van der Waals surface area contributed by atoms with Crippen molar-refractivity contribution in [3.05, 3.63) is 95.8 Å². The van der Waals surface area contributed by atoms with E-state index in [0.29, 0.717) is 28.9 Å². The zero-order valence-corrected chi connectivity index (χ0v) is 24.4. The molecule has 1 N–H and O–H groups in total. The molecule has 2 amide bonds. The van der Waals surface area contributed by atoms with Gasteiger partial charge in [0.25, 0.3) is 5.91 Å². The number of carbonyl (C=O) groups is 2. The summed E-state index contributed by atoms with van der Waals surface area (Å²) in [5, 5.41) is 12.5. The second-order valence-electron chi connectivity index (χ2n) is 11.5. The molecule has 1 aliphatic heterocycles. The van der Waals surface area contributed by atoms with Gasteiger partial charge in [-0.25, -0.2) is 19.2 Å². The number of pyridine rings is 1. The van der Waals surface area contributed by atoms with Crippen LogP contribution in [-0.4, -0.2) is 75.7 Å². The second kappa shape index (κ2) is 11.9. The summed E-state index contributed by atoms with van der Waals surface area (Å²) in [7, 11) is 1.42. The number of carbonyl (C=O) groups excluding carboxylic acids is 1. The van der Waals surface area contributed by atoms with E-state index in [1.54, 1.807) is 42.5 Å². The third-order valence-electron chi connectivity index (χ3n) is 7.81. The van der Waals surface area contributed by atoms with E-state index < -0.39 is 17.8 Å². The number of rotatable bonds is 5. The molecule has 218 valence electrons. The van der Waals surface area contributed by atoms with Crippen molar-refractivity contribution < 1.29 is 19.1 Å². The summed E-state index contributed by atoms with van der Waals surface area (Å²) >= 11 is 0. The molecule has 0 aliphatic carbocycles. The smallest absolute Gasteiger partial charge is 0.431 e. The Hall–Kier alpha value is -4.34. The first-order valence-electron chi connectivity index (χ1n) is 14.1. The van der Waals surface area contributed by atoms with Crippen molar-refractivity contribution in [2.24, 2.45) is 0 Å². The molecule has 8 nitrogen and oxygen atoms in total. The molecular formula is C33H36FN5O3. The van der Waals surface area contributed by atoms with Gasteiger partial charge in [-0.15, -0.1) is 0 Å². The Morgan fingerprint density at radius 3 is 2.12 bits per heavy atom. The number of hydrogen-bond donors (Lipinski definition) is 1. The minimum absolute atomic E-state index is 0.0465. The van der Waals surface area contributed by atoms with Gasteiger partial charge >= 0.3 is 6.09 Å². The lowest BCUT2D eigenvalue weighted by molar-refractivity contribution is 0.0587. The van der Waals surface area contributed by atoms with E-state index in [-0.39, 0.29) is 16.6 Å². The van der Waals surface area contributed by atoms with Gasteiger partial charge < -0.3 is 5.11 Å². The number of aromatic nitrogens is 1. The molecule has 4 aromatic rings. The van der Waals surface area contributed by atoms with E-state index in [0.717, 1.165) is 41.8 Å². The number of para-hydroxylation sites is 2. The van der Waals surface area contributed by atoms with Crippen LogP contribution >= 0.6 is 0 Å². The maximum atomic E-state index is 15.3. The lowest BCUT2D eigenvalue weighted by Crippen LogP contribution is -2.53. The number of hydrazine groups is 1. The summed E-state index contributed by atoms with van der Waals surface area (Å²) in [4.78, 5) is 36.4. The van der Waals surface area contributed by atoms with Gasteiger partial charge in [-0.2, -0.15) is 5.01 Å². The number of fused-ring (bicyclic) bond motifs is 1. The van der Waals surface area contributed by atoms with Crippen LogP contribution in [0.15, 0.2) is 78.9 Å². The standard InChI is InChI=1S/C33H36FN5O3/c1-33(2,3)38-20-18-37(19-21-38)22-26-28(31(40)36(4)39(32(41)42)24-14-9-6-10-15-24)25-16-11-17-27(34)30(25)35-29(26)23-12-7-5-8-13-23/h5-17H,18-22H2,1-4H3,(H,41,42). The van der Waals surface area contributed by atoms with Crippen LogP contribution in [0.4, 0.5) is 14.9 Å². The van der Waals surface area contributed by atoms with Crippen LogP contribution in [0.3, 0.4) is 0 Å². The molecule has 1 fully saturated rings. The number of amides is 2. The third kappa shape index (κ3) is 5.84. The van der Waals surface area contributed by atoms with E-state index >= 15 is 4.39 Å². The molecule has 1 aliphatic rings. The summed E-state index contributed by atoms with van der Waals surface area (Å²) < 4.78 is 15.3. The van der Waals surface area contributed by atoms with Crippen molar-refractivity contribution in [2.45, 2.75) is 32.9 Å². The van der Waals surface area contributed by atoms with Crippen LogP contribution in [0.2, 0.25) is 0 Å². The highest BCUT2D eigenvalue weighted by Crippen LogP contribution is 2.34. The largest absolute Gasteiger partial charge is 0.463 e. The van der Waals surface area contributed by atoms with Crippen molar-refractivity contribution in [3.63, 3.8) is 0 Å². The quantitative estimate of drug-likeness (QED) is 0.292. The molecule has 0 saturated carbocycles. The van der Waals surface area contributed by atoms with E-state index in [2.05, 4.69) is 30.6 Å². The fourth-order valence-electron chi connectivity index (χ4n) is 5.56. The van der Waals surface area contributed by atoms with Gasteiger partial charge in [0.05, 0.1) is 16.9 Å². The minimum Gasteiger partial charge on any atom is -0.463 e. The summed E-state index contributed by atoms with van der Waals surface area (Å²) in [5.41, 5.74) is 2.56. The molecule has 42 heavy (non-hydrogen) atoms. The maximum Gasteiger partial charge on any atom is 0.431 e. The number of piperazine rings is 1. The van der Waals surface area contributed by atoms with E-state index in [9.17, 15) is 14.7 Å². The Bertz CT molecular complexity index is 1580. The first kappa shape index (κ1) is 29.2.